The molecule has 26 heavy (non-hydrogen) atoms. The number of fused-ring (bicyclic) bond motifs is 1. The summed E-state index contributed by atoms with van der Waals surface area (Å²) >= 11 is 0. The van der Waals surface area contributed by atoms with Gasteiger partial charge in [0.15, 0.2) is 0 Å². The lowest BCUT2D eigenvalue weighted by Crippen LogP contribution is -2.45. The maximum Gasteiger partial charge on any atom is 0.262 e. The summed E-state index contributed by atoms with van der Waals surface area (Å²) in [4.78, 5) is 38.6. The normalized spacial score (nSPS) is 14.0. The van der Waals surface area contributed by atoms with Crippen LogP contribution in [0, 0.1) is 0 Å². The largest absolute Gasteiger partial charge is 0.497 e. The van der Waals surface area contributed by atoms with Crippen LogP contribution in [0.25, 0.3) is 0 Å². The van der Waals surface area contributed by atoms with Gasteiger partial charge in [0, 0.05) is 6.07 Å². The summed E-state index contributed by atoms with van der Waals surface area (Å²) in [6, 6.07) is 10.5. The summed E-state index contributed by atoms with van der Waals surface area (Å²) in [5, 5.41) is 2.69. The number of nitrogens with one attached hydrogen (secondary N) is 1. The number of benzene rings is 2. The van der Waals surface area contributed by atoms with Crippen LogP contribution >= 0.6 is 0 Å². The Hall–Kier alpha value is -3.35. The van der Waals surface area contributed by atoms with E-state index < -0.39 is 23.8 Å². The Kier molecular flexibility index (Phi) is 4.62. The fourth-order valence-electron chi connectivity index (χ4n) is 2.83. The van der Waals surface area contributed by atoms with Gasteiger partial charge in [0.05, 0.1) is 31.0 Å². The third-order valence-corrected chi connectivity index (χ3v) is 4.26. The molecule has 1 unspecified atom stereocenters. The van der Waals surface area contributed by atoms with Gasteiger partial charge in [-0.1, -0.05) is 12.1 Å². The van der Waals surface area contributed by atoms with Crippen molar-refractivity contribution in [3.05, 3.63) is 53.6 Å². The molecule has 7 nitrogen and oxygen atoms in total. The summed E-state index contributed by atoms with van der Waals surface area (Å²) in [5.74, 6) is -0.494. The first-order valence-corrected chi connectivity index (χ1v) is 7.97. The minimum absolute atomic E-state index is 0.302. The molecule has 0 aromatic heterocycles. The van der Waals surface area contributed by atoms with Crippen molar-refractivity contribution in [2.24, 2.45) is 0 Å². The smallest absolute Gasteiger partial charge is 0.262 e. The van der Waals surface area contributed by atoms with Gasteiger partial charge in [-0.2, -0.15) is 0 Å². The molecule has 1 aliphatic heterocycles. The van der Waals surface area contributed by atoms with E-state index in [1.807, 2.05) is 0 Å². The Balaban J connectivity index is 1.84. The van der Waals surface area contributed by atoms with Crippen LogP contribution in [0.3, 0.4) is 0 Å². The van der Waals surface area contributed by atoms with Gasteiger partial charge in [0.1, 0.15) is 17.5 Å². The van der Waals surface area contributed by atoms with Crippen molar-refractivity contribution in [3.63, 3.8) is 0 Å². The molecule has 0 radical (unpaired) electrons. The number of amides is 3. The summed E-state index contributed by atoms with van der Waals surface area (Å²) in [6.07, 6.45) is 0. The molecule has 0 fully saturated rings. The lowest BCUT2D eigenvalue weighted by atomic mass is 10.1. The number of anilines is 1. The maximum atomic E-state index is 12.7. The quantitative estimate of drug-likeness (QED) is 0.833. The van der Waals surface area contributed by atoms with Crippen molar-refractivity contribution >= 4 is 23.4 Å². The van der Waals surface area contributed by atoms with Gasteiger partial charge in [-0.15, -0.1) is 0 Å². The summed E-state index contributed by atoms with van der Waals surface area (Å²) in [6.45, 7) is 1.50. The van der Waals surface area contributed by atoms with E-state index in [1.54, 1.807) is 42.5 Å². The third kappa shape index (κ3) is 2.88. The van der Waals surface area contributed by atoms with Crippen LogP contribution in [-0.4, -0.2) is 42.9 Å². The second-order valence-corrected chi connectivity index (χ2v) is 5.76. The van der Waals surface area contributed by atoms with Crippen molar-refractivity contribution < 1.29 is 23.9 Å². The molecule has 0 spiro atoms. The second-order valence-electron chi connectivity index (χ2n) is 5.76. The van der Waals surface area contributed by atoms with Crippen molar-refractivity contribution in [1.29, 1.82) is 0 Å². The average molecular weight is 354 g/mol. The van der Waals surface area contributed by atoms with Crippen LogP contribution in [-0.2, 0) is 4.79 Å². The molecular weight excluding hydrogens is 336 g/mol. The number of imide groups is 1. The molecule has 1 N–H and O–H groups in total. The molecule has 0 saturated carbocycles. The van der Waals surface area contributed by atoms with E-state index in [0.29, 0.717) is 28.3 Å². The Labute approximate surface area is 150 Å². The Morgan fingerprint density at radius 1 is 1.00 bits per heavy atom. The highest BCUT2D eigenvalue weighted by molar-refractivity contribution is 6.23. The minimum atomic E-state index is -0.988. The molecule has 2 aromatic carbocycles. The van der Waals surface area contributed by atoms with Crippen molar-refractivity contribution in [2.45, 2.75) is 13.0 Å². The number of nitrogens with zero attached hydrogens (tertiary/aromatic N) is 1. The first-order chi connectivity index (χ1) is 12.5. The molecular formula is C19H18N2O5. The zero-order valence-corrected chi connectivity index (χ0v) is 14.6. The van der Waals surface area contributed by atoms with Crippen molar-refractivity contribution in [2.75, 3.05) is 19.5 Å². The van der Waals surface area contributed by atoms with E-state index in [-0.39, 0.29) is 0 Å². The Morgan fingerprint density at radius 2 is 1.62 bits per heavy atom. The van der Waals surface area contributed by atoms with E-state index in [0.717, 1.165) is 4.90 Å². The molecule has 134 valence electrons. The van der Waals surface area contributed by atoms with Crippen LogP contribution in [0.1, 0.15) is 27.6 Å². The van der Waals surface area contributed by atoms with Crippen LogP contribution in [0.15, 0.2) is 42.5 Å². The van der Waals surface area contributed by atoms with Gasteiger partial charge in [-0.05, 0) is 31.2 Å². The predicted octanol–water partition coefficient (Wildman–Crippen LogP) is 2.33. The number of ether oxygens (including phenoxy) is 2. The van der Waals surface area contributed by atoms with Gasteiger partial charge in [-0.3, -0.25) is 19.3 Å². The van der Waals surface area contributed by atoms with E-state index in [1.165, 1.54) is 21.1 Å². The standard InChI is InChI=1S/C19H18N2O5/c1-11(21-18(23)13-6-4-5-7-14(13)19(21)24)17(22)20-15-10-12(25-2)8-9-16(15)26-3/h4-11H,1-3H3,(H,20,22). The molecule has 0 saturated heterocycles. The number of methoxy groups -OCH3 is 2. The van der Waals surface area contributed by atoms with Crippen LogP contribution in [0.5, 0.6) is 11.5 Å². The van der Waals surface area contributed by atoms with Crippen LogP contribution in [0.4, 0.5) is 5.69 Å². The van der Waals surface area contributed by atoms with E-state index in [2.05, 4.69) is 5.32 Å². The monoisotopic (exact) mass is 354 g/mol. The molecule has 1 atom stereocenters. The summed E-state index contributed by atoms with van der Waals surface area (Å²) in [5.41, 5.74) is 0.993. The lowest BCUT2D eigenvalue weighted by molar-refractivity contribution is -0.119. The summed E-state index contributed by atoms with van der Waals surface area (Å²) in [7, 11) is 2.99. The molecule has 1 heterocycles. The zero-order valence-electron chi connectivity index (χ0n) is 14.6. The van der Waals surface area contributed by atoms with Gasteiger partial charge in [0.25, 0.3) is 11.8 Å². The van der Waals surface area contributed by atoms with Gasteiger partial charge >= 0.3 is 0 Å². The SMILES string of the molecule is COc1ccc(OC)c(NC(=O)C(C)N2C(=O)c3ccccc3C2=O)c1. The highest BCUT2D eigenvalue weighted by Gasteiger charge is 2.40. The topological polar surface area (TPSA) is 84.9 Å². The third-order valence-electron chi connectivity index (χ3n) is 4.26. The molecule has 2 aromatic rings. The fourth-order valence-corrected chi connectivity index (χ4v) is 2.83. The maximum absolute atomic E-state index is 12.7. The first kappa shape index (κ1) is 17.5. The van der Waals surface area contributed by atoms with Gasteiger partial charge in [0.2, 0.25) is 5.91 Å². The number of hydrogen-bond donors (Lipinski definition) is 1. The van der Waals surface area contributed by atoms with Crippen LogP contribution in [0.2, 0.25) is 0 Å². The number of carbonyl (C=O) groups is 3. The van der Waals surface area contributed by atoms with Crippen molar-refractivity contribution in [1.82, 2.24) is 4.90 Å². The molecule has 0 bridgehead atoms. The Morgan fingerprint density at radius 3 is 2.15 bits per heavy atom. The van der Waals surface area contributed by atoms with E-state index in [4.69, 9.17) is 9.47 Å². The highest BCUT2D eigenvalue weighted by atomic mass is 16.5. The first-order valence-electron chi connectivity index (χ1n) is 7.97. The van der Waals surface area contributed by atoms with E-state index in [9.17, 15) is 14.4 Å². The number of carbonyl (C=O) groups excluding carboxylic acids is 3. The van der Waals surface area contributed by atoms with Gasteiger partial charge in [-0.25, -0.2) is 0 Å². The minimum Gasteiger partial charge on any atom is -0.497 e. The van der Waals surface area contributed by atoms with E-state index >= 15 is 0 Å². The molecule has 7 heteroatoms. The predicted molar refractivity (Wildman–Crippen MR) is 94.6 cm³/mol. The molecule has 3 amide bonds. The average Bonchev–Trinajstić information content (AvgIpc) is 2.92. The highest BCUT2D eigenvalue weighted by Crippen LogP contribution is 2.30. The summed E-state index contributed by atoms with van der Waals surface area (Å²) < 4.78 is 10.4. The van der Waals surface area contributed by atoms with Crippen molar-refractivity contribution in [3.8, 4) is 11.5 Å². The Bertz CT molecular complexity index is 858. The molecule has 1 aliphatic rings. The molecule has 3 rings (SSSR count). The zero-order chi connectivity index (χ0) is 18.8. The lowest BCUT2D eigenvalue weighted by Gasteiger charge is -2.22. The molecule has 0 aliphatic carbocycles. The van der Waals surface area contributed by atoms with Crippen LogP contribution < -0.4 is 14.8 Å². The van der Waals surface area contributed by atoms with Gasteiger partial charge < -0.3 is 14.8 Å². The second kappa shape index (κ2) is 6.87. The number of hydrogen-bond acceptors (Lipinski definition) is 5. The number of rotatable bonds is 5. The fraction of sp³-hybridized carbons (Fsp3) is 0.211.